The van der Waals surface area contributed by atoms with Gasteiger partial charge in [0.05, 0.1) is 12.2 Å². The average molecular weight is 362 g/mol. The highest BCUT2D eigenvalue weighted by Gasteiger charge is 2.16. The van der Waals surface area contributed by atoms with Gasteiger partial charge in [-0.2, -0.15) is 0 Å². The van der Waals surface area contributed by atoms with Gasteiger partial charge in [-0.25, -0.2) is 4.79 Å². The summed E-state index contributed by atoms with van der Waals surface area (Å²) in [5, 5.41) is 6.16. The lowest BCUT2D eigenvalue weighted by Gasteiger charge is -2.12. The van der Waals surface area contributed by atoms with E-state index in [1.54, 1.807) is 13.2 Å². The van der Waals surface area contributed by atoms with Crippen LogP contribution < -0.4 is 22.1 Å². The van der Waals surface area contributed by atoms with E-state index < -0.39 is 11.9 Å². The highest BCUT2D eigenvalue weighted by molar-refractivity contribution is 7.20. The predicted molar refractivity (Wildman–Crippen MR) is 99.7 cm³/mol. The van der Waals surface area contributed by atoms with E-state index >= 15 is 0 Å². The quantitative estimate of drug-likeness (QED) is 0.575. The highest BCUT2D eigenvalue weighted by Crippen LogP contribution is 2.35. The van der Waals surface area contributed by atoms with E-state index in [0.717, 1.165) is 22.5 Å². The second kappa shape index (κ2) is 8.61. The fraction of sp³-hybridized carbons (Fsp3) is 0.294. The monoisotopic (exact) mass is 362 g/mol. The molecule has 6 N–H and O–H groups in total. The first-order chi connectivity index (χ1) is 11.9. The molecule has 0 aliphatic heterocycles. The molecule has 1 atom stereocenters. The number of methoxy groups -OCH3 is 1. The fourth-order valence-electron chi connectivity index (χ4n) is 2.31. The van der Waals surface area contributed by atoms with Crippen molar-refractivity contribution in [2.24, 2.45) is 11.5 Å². The van der Waals surface area contributed by atoms with Gasteiger partial charge in [-0.05, 0) is 24.1 Å². The minimum absolute atomic E-state index is 0.248. The number of thiophene rings is 1. The molecule has 1 heterocycles. The largest absolute Gasteiger partial charge is 0.383 e. The number of carbonyl (C=O) groups excluding carboxylic acids is 2. The van der Waals surface area contributed by atoms with Crippen molar-refractivity contribution in [1.82, 2.24) is 5.32 Å². The lowest BCUT2D eigenvalue weighted by atomic mass is 10.1. The number of urea groups is 1. The molecule has 7 nitrogen and oxygen atoms in total. The van der Waals surface area contributed by atoms with E-state index in [-0.39, 0.29) is 11.6 Å². The SMILES string of the molecule is COCC(C)NCc1ccc(-c2cc(C(N)=O)c(NC(N)=O)s2)cc1. The number of carbonyl (C=O) groups is 2. The summed E-state index contributed by atoms with van der Waals surface area (Å²) in [6, 6.07) is 9.13. The first-order valence-electron chi connectivity index (χ1n) is 7.72. The molecule has 0 aliphatic carbocycles. The van der Waals surface area contributed by atoms with E-state index in [1.165, 1.54) is 11.3 Å². The van der Waals surface area contributed by atoms with Crippen LogP contribution in [0.25, 0.3) is 10.4 Å². The van der Waals surface area contributed by atoms with Gasteiger partial charge in [-0.1, -0.05) is 24.3 Å². The number of nitrogens with one attached hydrogen (secondary N) is 2. The summed E-state index contributed by atoms with van der Waals surface area (Å²) in [5.41, 5.74) is 12.8. The molecule has 8 heteroatoms. The molecule has 0 saturated heterocycles. The predicted octanol–water partition coefficient (Wildman–Crippen LogP) is 2.13. The molecule has 0 aliphatic rings. The maximum atomic E-state index is 11.5. The third kappa shape index (κ3) is 5.28. The number of primary amides is 2. The standard InChI is InChI=1S/C17H22N4O3S/c1-10(9-24-2)20-8-11-3-5-12(6-4-11)14-7-13(15(18)22)16(25-14)21-17(19)23/h3-7,10,20H,8-9H2,1-2H3,(H2,18,22)(H3,19,21,23). The second-order valence-corrected chi connectivity index (χ2v) is 6.69. The van der Waals surface area contributed by atoms with Gasteiger partial charge >= 0.3 is 6.03 Å². The van der Waals surface area contributed by atoms with E-state index in [0.29, 0.717) is 11.6 Å². The number of anilines is 1. The van der Waals surface area contributed by atoms with E-state index in [1.807, 2.05) is 24.3 Å². The van der Waals surface area contributed by atoms with Gasteiger partial charge in [0.15, 0.2) is 0 Å². The Balaban J connectivity index is 2.13. The number of hydrogen-bond acceptors (Lipinski definition) is 5. The van der Waals surface area contributed by atoms with Crippen LogP contribution in [0.1, 0.15) is 22.8 Å². The molecule has 0 spiro atoms. The van der Waals surface area contributed by atoms with Crippen molar-refractivity contribution in [3.63, 3.8) is 0 Å². The van der Waals surface area contributed by atoms with Gasteiger partial charge in [0, 0.05) is 24.6 Å². The van der Waals surface area contributed by atoms with Crippen molar-refractivity contribution in [2.75, 3.05) is 19.0 Å². The summed E-state index contributed by atoms with van der Waals surface area (Å²) in [6.07, 6.45) is 0. The maximum absolute atomic E-state index is 11.5. The number of rotatable bonds is 8. The van der Waals surface area contributed by atoms with E-state index in [9.17, 15) is 9.59 Å². The molecule has 1 aromatic carbocycles. The first kappa shape index (κ1) is 18.9. The van der Waals surface area contributed by atoms with Gasteiger partial charge in [0.25, 0.3) is 5.91 Å². The zero-order valence-electron chi connectivity index (χ0n) is 14.2. The lowest BCUT2D eigenvalue weighted by Crippen LogP contribution is -2.29. The number of ether oxygens (including phenoxy) is 1. The highest BCUT2D eigenvalue weighted by atomic mass is 32.1. The molecule has 2 aromatic rings. The number of nitrogens with two attached hydrogens (primary N) is 2. The van der Waals surface area contributed by atoms with Crippen molar-refractivity contribution in [3.05, 3.63) is 41.5 Å². The molecule has 1 aromatic heterocycles. The summed E-state index contributed by atoms with van der Waals surface area (Å²) in [4.78, 5) is 23.4. The Morgan fingerprint density at radius 1 is 1.24 bits per heavy atom. The van der Waals surface area contributed by atoms with Gasteiger partial charge in [0.1, 0.15) is 5.00 Å². The lowest BCUT2D eigenvalue weighted by molar-refractivity contribution is 0.100. The molecule has 0 bridgehead atoms. The molecule has 25 heavy (non-hydrogen) atoms. The van der Waals surface area contributed by atoms with Crippen LogP contribution in [-0.2, 0) is 11.3 Å². The Morgan fingerprint density at radius 2 is 1.92 bits per heavy atom. The Kier molecular flexibility index (Phi) is 6.51. The Labute approximate surface area is 150 Å². The van der Waals surface area contributed by atoms with Crippen molar-refractivity contribution >= 4 is 28.3 Å². The smallest absolute Gasteiger partial charge is 0.317 e. The average Bonchev–Trinajstić information content (AvgIpc) is 2.97. The second-order valence-electron chi connectivity index (χ2n) is 5.64. The van der Waals surface area contributed by atoms with Crippen LogP contribution in [0.2, 0.25) is 0 Å². The topological polar surface area (TPSA) is 119 Å². The molecule has 0 radical (unpaired) electrons. The Hall–Kier alpha value is -2.42. The summed E-state index contributed by atoms with van der Waals surface area (Å²) < 4.78 is 5.09. The molecule has 134 valence electrons. The normalized spacial score (nSPS) is 11.9. The van der Waals surface area contributed by atoms with Crippen LogP contribution >= 0.6 is 11.3 Å². The molecule has 1 unspecified atom stereocenters. The van der Waals surface area contributed by atoms with Crippen molar-refractivity contribution in [1.29, 1.82) is 0 Å². The van der Waals surface area contributed by atoms with E-state index in [4.69, 9.17) is 16.2 Å². The van der Waals surface area contributed by atoms with Crippen molar-refractivity contribution in [2.45, 2.75) is 19.5 Å². The van der Waals surface area contributed by atoms with Crippen molar-refractivity contribution in [3.8, 4) is 10.4 Å². The minimum Gasteiger partial charge on any atom is -0.383 e. The van der Waals surface area contributed by atoms with Crippen LogP contribution in [0, 0.1) is 0 Å². The van der Waals surface area contributed by atoms with Crippen LogP contribution in [0.3, 0.4) is 0 Å². The minimum atomic E-state index is -0.734. The summed E-state index contributed by atoms with van der Waals surface area (Å²) >= 11 is 1.26. The maximum Gasteiger partial charge on any atom is 0.317 e. The molecule has 0 fully saturated rings. The third-order valence-electron chi connectivity index (χ3n) is 3.54. The zero-order chi connectivity index (χ0) is 18.4. The van der Waals surface area contributed by atoms with Gasteiger partial charge in [-0.15, -0.1) is 11.3 Å². The summed E-state index contributed by atoms with van der Waals surface area (Å²) in [5.74, 6) is -0.612. The van der Waals surface area contributed by atoms with E-state index in [2.05, 4.69) is 17.6 Å². The molecule has 3 amide bonds. The summed E-state index contributed by atoms with van der Waals surface area (Å²) in [7, 11) is 1.68. The van der Waals surface area contributed by atoms with Crippen LogP contribution in [-0.4, -0.2) is 31.7 Å². The summed E-state index contributed by atoms with van der Waals surface area (Å²) in [6.45, 7) is 3.44. The van der Waals surface area contributed by atoms with Gasteiger partial charge in [0.2, 0.25) is 0 Å². The Bertz CT molecular complexity index is 743. The molecular formula is C17H22N4O3S. The molecular weight excluding hydrogens is 340 g/mol. The number of amides is 3. The fourth-order valence-corrected chi connectivity index (χ4v) is 3.38. The number of hydrogen-bond donors (Lipinski definition) is 4. The number of benzene rings is 1. The third-order valence-corrected chi connectivity index (χ3v) is 4.64. The van der Waals surface area contributed by atoms with Crippen molar-refractivity contribution < 1.29 is 14.3 Å². The van der Waals surface area contributed by atoms with Gasteiger partial charge in [-0.3, -0.25) is 10.1 Å². The van der Waals surface area contributed by atoms with Gasteiger partial charge < -0.3 is 21.5 Å². The zero-order valence-corrected chi connectivity index (χ0v) is 15.0. The molecule has 0 saturated carbocycles. The molecule has 2 rings (SSSR count). The van der Waals surface area contributed by atoms with Crippen LogP contribution in [0.15, 0.2) is 30.3 Å². The van der Waals surface area contributed by atoms with Crippen LogP contribution in [0.4, 0.5) is 9.80 Å². The first-order valence-corrected chi connectivity index (χ1v) is 8.54. The van der Waals surface area contributed by atoms with Crippen LogP contribution in [0.5, 0.6) is 0 Å². The Morgan fingerprint density at radius 3 is 2.48 bits per heavy atom.